The predicted octanol–water partition coefficient (Wildman–Crippen LogP) is 1.58. The molecule has 1 amide bonds. The Labute approximate surface area is 110 Å². The van der Waals surface area contributed by atoms with E-state index in [2.05, 4.69) is 5.32 Å². The minimum Gasteiger partial charge on any atom is -0.378 e. The Hall–Kier alpha value is -0.610. The van der Waals surface area contributed by atoms with E-state index in [4.69, 9.17) is 10.5 Å². The highest BCUT2D eigenvalue weighted by molar-refractivity contribution is 5.76. The molecule has 3 N–H and O–H groups in total. The van der Waals surface area contributed by atoms with E-state index < -0.39 is 0 Å². The molecule has 1 aliphatic carbocycles. The number of hydrogen-bond donors (Lipinski definition) is 2. The molecule has 3 atom stereocenters. The molecule has 2 aliphatic rings. The van der Waals surface area contributed by atoms with Crippen molar-refractivity contribution in [2.75, 3.05) is 13.2 Å². The third-order valence-electron chi connectivity index (χ3n) is 4.10. The van der Waals surface area contributed by atoms with Gasteiger partial charge in [-0.3, -0.25) is 4.79 Å². The molecular weight excluding hydrogens is 228 g/mol. The van der Waals surface area contributed by atoms with Crippen LogP contribution in [0.3, 0.4) is 0 Å². The van der Waals surface area contributed by atoms with Gasteiger partial charge >= 0.3 is 0 Å². The van der Waals surface area contributed by atoms with Gasteiger partial charge < -0.3 is 15.8 Å². The first-order valence-corrected chi connectivity index (χ1v) is 7.38. The first-order chi connectivity index (χ1) is 8.74. The van der Waals surface area contributed by atoms with Crippen molar-refractivity contribution < 1.29 is 9.53 Å². The van der Waals surface area contributed by atoms with Gasteiger partial charge in [-0.2, -0.15) is 0 Å². The number of nitrogens with one attached hydrogen (secondary N) is 1. The zero-order valence-corrected chi connectivity index (χ0v) is 11.2. The molecule has 0 spiro atoms. The molecule has 1 heterocycles. The molecule has 2 rings (SSSR count). The van der Waals surface area contributed by atoms with Gasteiger partial charge in [-0.25, -0.2) is 0 Å². The van der Waals surface area contributed by atoms with E-state index in [9.17, 15) is 4.79 Å². The molecule has 0 aromatic carbocycles. The van der Waals surface area contributed by atoms with Gasteiger partial charge in [0.25, 0.3) is 0 Å². The van der Waals surface area contributed by atoms with Crippen molar-refractivity contribution in [1.29, 1.82) is 0 Å². The molecule has 4 nitrogen and oxygen atoms in total. The number of hydrogen-bond acceptors (Lipinski definition) is 3. The smallest absolute Gasteiger partial charge is 0.222 e. The van der Waals surface area contributed by atoms with Crippen molar-refractivity contribution in [2.24, 2.45) is 11.7 Å². The number of carbonyl (C=O) groups is 1. The van der Waals surface area contributed by atoms with Crippen LogP contribution in [-0.2, 0) is 9.53 Å². The Morgan fingerprint density at radius 2 is 2.11 bits per heavy atom. The van der Waals surface area contributed by atoms with Gasteiger partial charge in [-0.15, -0.1) is 0 Å². The molecule has 104 valence electrons. The number of carbonyl (C=O) groups excluding carboxylic acids is 1. The zero-order chi connectivity index (χ0) is 12.8. The van der Waals surface area contributed by atoms with E-state index in [1.165, 1.54) is 19.3 Å². The Morgan fingerprint density at radius 1 is 1.22 bits per heavy atom. The normalized spacial score (nSPS) is 33.1. The maximum absolute atomic E-state index is 11.8. The van der Waals surface area contributed by atoms with E-state index in [0.29, 0.717) is 18.4 Å². The summed E-state index contributed by atoms with van der Waals surface area (Å²) >= 11 is 0. The molecule has 0 aromatic heterocycles. The lowest BCUT2D eigenvalue weighted by atomic mass is 9.86. The van der Waals surface area contributed by atoms with E-state index in [-0.39, 0.29) is 12.0 Å². The standard InChI is InChI=1S/C14H26N2O2/c15-12-5-3-4-11(8-12)10-16-14(17)9-13-6-1-2-7-18-13/h11-13H,1-10,15H2,(H,16,17). The highest BCUT2D eigenvalue weighted by atomic mass is 16.5. The molecule has 1 aliphatic heterocycles. The summed E-state index contributed by atoms with van der Waals surface area (Å²) in [7, 11) is 0. The van der Waals surface area contributed by atoms with Gasteiger partial charge in [0.15, 0.2) is 0 Å². The summed E-state index contributed by atoms with van der Waals surface area (Å²) in [6.45, 7) is 1.61. The fourth-order valence-corrected chi connectivity index (χ4v) is 3.02. The van der Waals surface area contributed by atoms with Gasteiger partial charge in [-0.1, -0.05) is 6.42 Å². The van der Waals surface area contributed by atoms with Gasteiger partial charge in [0.1, 0.15) is 0 Å². The van der Waals surface area contributed by atoms with Crippen LogP contribution in [0.15, 0.2) is 0 Å². The van der Waals surface area contributed by atoms with Crippen molar-refractivity contribution >= 4 is 5.91 Å². The Bertz CT molecular complexity index is 265. The third-order valence-corrected chi connectivity index (χ3v) is 4.10. The number of nitrogens with two attached hydrogens (primary N) is 1. The minimum atomic E-state index is 0.140. The molecule has 1 saturated carbocycles. The van der Waals surface area contributed by atoms with E-state index >= 15 is 0 Å². The molecular formula is C14H26N2O2. The van der Waals surface area contributed by atoms with Gasteiger partial charge in [0.2, 0.25) is 5.91 Å². The first-order valence-electron chi connectivity index (χ1n) is 7.38. The summed E-state index contributed by atoms with van der Waals surface area (Å²) in [6, 6.07) is 0.335. The van der Waals surface area contributed by atoms with Crippen molar-refractivity contribution in [1.82, 2.24) is 5.32 Å². The summed E-state index contributed by atoms with van der Waals surface area (Å²) < 4.78 is 5.58. The second kappa shape index (κ2) is 7.10. The summed E-state index contributed by atoms with van der Waals surface area (Å²) in [4.78, 5) is 11.8. The highest BCUT2D eigenvalue weighted by Gasteiger charge is 2.21. The maximum atomic E-state index is 11.8. The minimum absolute atomic E-state index is 0.140. The lowest BCUT2D eigenvalue weighted by Gasteiger charge is -2.27. The fourth-order valence-electron chi connectivity index (χ4n) is 3.02. The largest absolute Gasteiger partial charge is 0.378 e. The molecule has 0 radical (unpaired) electrons. The number of ether oxygens (including phenoxy) is 1. The second-order valence-electron chi connectivity index (χ2n) is 5.79. The Balaban J connectivity index is 1.61. The van der Waals surface area contributed by atoms with Gasteiger partial charge in [-0.05, 0) is 44.4 Å². The van der Waals surface area contributed by atoms with Crippen molar-refractivity contribution in [3.8, 4) is 0 Å². The first kappa shape index (κ1) is 13.8. The van der Waals surface area contributed by atoms with Crippen LogP contribution in [-0.4, -0.2) is 31.2 Å². The SMILES string of the molecule is NC1CCCC(CNC(=O)CC2CCCCO2)C1. The summed E-state index contributed by atoms with van der Waals surface area (Å²) in [5.74, 6) is 0.714. The average Bonchev–Trinajstić information content (AvgIpc) is 2.38. The van der Waals surface area contributed by atoms with Crippen LogP contribution < -0.4 is 11.1 Å². The summed E-state index contributed by atoms with van der Waals surface area (Å²) in [6.07, 6.45) is 8.63. The van der Waals surface area contributed by atoms with Crippen molar-refractivity contribution in [3.05, 3.63) is 0 Å². The van der Waals surface area contributed by atoms with Crippen molar-refractivity contribution in [2.45, 2.75) is 63.5 Å². The van der Waals surface area contributed by atoms with Crippen molar-refractivity contribution in [3.63, 3.8) is 0 Å². The second-order valence-corrected chi connectivity index (χ2v) is 5.79. The summed E-state index contributed by atoms with van der Waals surface area (Å²) in [5.41, 5.74) is 5.95. The molecule has 0 aromatic rings. The fraction of sp³-hybridized carbons (Fsp3) is 0.929. The van der Waals surface area contributed by atoms with Crippen LogP contribution >= 0.6 is 0 Å². The molecule has 2 fully saturated rings. The highest BCUT2D eigenvalue weighted by Crippen LogP contribution is 2.22. The van der Waals surface area contributed by atoms with E-state index in [1.807, 2.05) is 0 Å². The van der Waals surface area contributed by atoms with Gasteiger partial charge in [0, 0.05) is 19.2 Å². The summed E-state index contributed by atoms with van der Waals surface area (Å²) in [5, 5.41) is 3.05. The molecule has 0 bridgehead atoms. The Morgan fingerprint density at radius 3 is 2.83 bits per heavy atom. The van der Waals surface area contributed by atoms with Crippen LogP contribution in [0.25, 0.3) is 0 Å². The van der Waals surface area contributed by atoms with E-state index in [0.717, 1.165) is 38.8 Å². The third kappa shape index (κ3) is 4.58. The van der Waals surface area contributed by atoms with Crippen LogP contribution in [0.4, 0.5) is 0 Å². The lowest BCUT2D eigenvalue weighted by Crippen LogP contribution is -2.37. The van der Waals surface area contributed by atoms with E-state index in [1.54, 1.807) is 0 Å². The van der Waals surface area contributed by atoms with Gasteiger partial charge in [0.05, 0.1) is 12.5 Å². The number of amides is 1. The quantitative estimate of drug-likeness (QED) is 0.800. The van der Waals surface area contributed by atoms with Crippen LogP contribution in [0.2, 0.25) is 0 Å². The lowest BCUT2D eigenvalue weighted by molar-refractivity contribution is -0.125. The molecule has 3 unspecified atom stereocenters. The zero-order valence-electron chi connectivity index (χ0n) is 11.2. The van der Waals surface area contributed by atoms with Crippen LogP contribution in [0.1, 0.15) is 51.4 Å². The average molecular weight is 254 g/mol. The molecule has 1 saturated heterocycles. The monoisotopic (exact) mass is 254 g/mol. The number of rotatable bonds is 4. The molecule has 18 heavy (non-hydrogen) atoms. The van der Waals surface area contributed by atoms with Crippen LogP contribution in [0.5, 0.6) is 0 Å². The predicted molar refractivity (Wildman–Crippen MR) is 71.2 cm³/mol. The maximum Gasteiger partial charge on any atom is 0.222 e. The molecule has 4 heteroatoms. The topological polar surface area (TPSA) is 64.3 Å². The Kier molecular flexibility index (Phi) is 5.45. The van der Waals surface area contributed by atoms with Crippen LogP contribution in [0, 0.1) is 5.92 Å².